The van der Waals surface area contributed by atoms with Crippen molar-refractivity contribution in [1.29, 1.82) is 0 Å². The molecule has 0 spiro atoms. The van der Waals surface area contributed by atoms with Crippen LogP contribution in [-0.2, 0) is 0 Å². The van der Waals surface area contributed by atoms with Gasteiger partial charge in [-0.25, -0.2) is 0 Å². The second-order valence-corrected chi connectivity index (χ2v) is 2.20. The Balaban J connectivity index is 0.000000605. The number of hydrogen-bond acceptors (Lipinski definition) is 4. The maximum absolute atomic E-state index is 4.83. The first-order chi connectivity index (χ1) is 4.86. The van der Waals surface area contributed by atoms with Gasteiger partial charge in [-0.2, -0.15) is 0 Å². The van der Waals surface area contributed by atoms with E-state index < -0.39 is 0 Å². The van der Waals surface area contributed by atoms with Gasteiger partial charge in [0.05, 0.1) is 0 Å². The van der Waals surface area contributed by atoms with Gasteiger partial charge in [0.1, 0.15) is 4.64 Å². The van der Waals surface area contributed by atoms with Crippen molar-refractivity contribution in [3.05, 3.63) is 16.8 Å². The molecule has 0 aliphatic rings. The maximum atomic E-state index is 4.83. The van der Waals surface area contributed by atoms with Crippen LogP contribution in [0.4, 0.5) is 0 Å². The molecule has 51 valence electrons. The number of rotatable bonds is 0. The van der Waals surface area contributed by atoms with E-state index in [4.69, 9.17) is 12.2 Å². The molecule has 0 aliphatic carbocycles. The van der Waals surface area contributed by atoms with E-state index in [0.29, 0.717) is 10.3 Å². The molecule has 11 heavy (non-hydrogen) atoms. The minimum atomic E-state index is 0. The summed E-state index contributed by atoms with van der Waals surface area (Å²) >= 11 is 4.83. The largest absolute Gasteiger partial charge is 0.264 e. The van der Waals surface area contributed by atoms with E-state index in [-0.39, 0.29) is 29.6 Å². The molecule has 0 unspecified atom stereocenters. The van der Waals surface area contributed by atoms with Gasteiger partial charge >= 0.3 is 0 Å². The van der Waals surface area contributed by atoms with E-state index in [9.17, 15) is 0 Å². The first-order valence-corrected chi connectivity index (χ1v) is 3.04. The third-order valence-corrected chi connectivity index (χ3v) is 1.32. The van der Waals surface area contributed by atoms with Gasteiger partial charge in [0.15, 0.2) is 5.65 Å². The fourth-order valence-electron chi connectivity index (χ4n) is 0.669. The van der Waals surface area contributed by atoms with Crippen LogP contribution < -0.4 is 0 Å². The summed E-state index contributed by atoms with van der Waals surface area (Å²) in [6.45, 7) is 0. The van der Waals surface area contributed by atoms with Crippen LogP contribution >= 0.6 is 12.2 Å². The van der Waals surface area contributed by atoms with E-state index in [1.54, 1.807) is 12.1 Å². The standard InChI is InChI=1S/C4H3N5S.Na/c10-4-2-1-3-5-7-8-9(3)6-4;/h1-2H,(H,6,10);. The average Bonchev–Trinajstić information content (AvgIpc) is 2.33. The molecule has 0 aliphatic heterocycles. The average molecular weight is 176 g/mol. The van der Waals surface area contributed by atoms with Crippen molar-refractivity contribution in [3.8, 4) is 0 Å². The van der Waals surface area contributed by atoms with E-state index in [2.05, 4.69) is 20.6 Å². The third kappa shape index (κ3) is 1.64. The molecule has 0 bridgehead atoms. The molecule has 0 aromatic carbocycles. The van der Waals surface area contributed by atoms with E-state index in [0.717, 1.165) is 0 Å². The van der Waals surface area contributed by atoms with Crippen molar-refractivity contribution in [2.75, 3.05) is 0 Å². The molecule has 1 N–H and O–H groups in total. The second kappa shape index (κ2) is 3.40. The van der Waals surface area contributed by atoms with Crippen LogP contribution in [-0.4, -0.2) is 54.8 Å². The molecule has 0 amide bonds. The quantitative estimate of drug-likeness (QED) is 0.446. The molecule has 0 saturated heterocycles. The molecule has 0 saturated carbocycles. The normalized spacial score (nSPS) is 9.45. The number of hydrogen-bond donors (Lipinski definition) is 1. The molecule has 2 heterocycles. The summed E-state index contributed by atoms with van der Waals surface area (Å²) in [5.41, 5.74) is 0.661. The Labute approximate surface area is 89.1 Å². The molecule has 2 aromatic heterocycles. The molecule has 0 fully saturated rings. The first-order valence-electron chi connectivity index (χ1n) is 2.64. The summed E-state index contributed by atoms with van der Waals surface area (Å²) in [5.74, 6) is 0. The second-order valence-electron chi connectivity index (χ2n) is 1.76. The molecule has 1 radical (unpaired) electrons. The van der Waals surface area contributed by atoms with E-state index >= 15 is 0 Å². The molecular weight excluding hydrogens is 173 g/mol. The Morgan fingerprint density at radius 3 is 3.09 bits per heavy atom. The van der Waals surface area contributed by atoms with Gasteiger partial charge in [0.25, 0.3) is 0 Å². The number of aromatic amines is 1. The first kappa shape index (κ1) is 8.79. The summed E-state index contributed by atoms with van der Waals surface area (Å²) in [5, 5.41) is 13.5. The van der Waals surface area contributed by atoms with E-state index in [1.165, 1.54) is 4.63 Å². The van der Waals surface area contributed by atoms with E-state index in [1.807, 2.05) is 0 Å². The van der Waals surface area contributed by atoms with Crippen LogP contribution in [0.15, 0.2) is 12.1 Å². The van der Waals surface area contributed by atoms with Crippen LogP contribution in [0.5, 0.6) is 0 Å². The SMILES string of the molecule is S=c1ccc2nnnn2[nH]1.[Na]. The fraction of sp³-hybridized carbons (Fsp3) is 0. The summed E-state index contributed by atoms with van der Waals surface area (Å²) in [4.78, 5) is 0. The van der Waals surface area contributed by atoms with Crippen molar-refractivity contribution < 1.29 is 0 Å². The zero-order valence-electron chi connectivity index (χ0n) is 5.85. The summed E-state index contributed by atoms with van der Waals surface area (Å²) in [6.07, 6.45) is 0. The van der Waals surface area contributed by atoms with Gasteiger partial charge < -0.3 is 0 Å². The molecule has 0 atom stereocenters. The van der Waals surface area contributed by atoms with Crippen LogP contribution in [0, 0.1) is 4.64 Å². The zero-order valence-corrected chi connectivity index (χ0v) is 8.67. The topological polar surface area (TPSA) is 58.9 Å². The van der Waals surface area contributed by atoms with Crippen LogP contribution in [0.2, 0.25) is 0 Å². The molecule has 2 aromatic rings. The monoisotopic (exact) mass is 176 g/mol. The van der Waals surface area contributed by atoms with Crippen molar-refractivity contribution in [1.82, 2.24) is 25.3 Å². The Morgan fingerprint density at radius 1 is 1.45 bits per heavy atom. The minimum absolute atomic E-state index is 0. The zero-order chi connectivity index (χ0) is 6.97. The predicted molar refractivity (Wildman–Crippen MR) is 41.7 cm³/mol. The Morgan fingerprint density at radius 2 is 2.27 bits per heavy atom. The van der Waals surface area contributed by atoms with Crippen molar-refractivity contribution in [3.63, 3.8) is 0 Å². The number of aromatic nitrogens is 5. The van der Waals surface area contributed by atoms with Gasteiger partial charge in [-0.05, 0) is 22.6 Å². The van der Waals surface area contributed by atoms with Crippen LogP contribution in [0.1, 0.15) is 0 Å². The summed E-state index contributed by atoms with van der Waals surface area (Å²) in [7, 11) is 0. The molecular formula is C4H3N5NaS. The van der Waals surface area contributed by atoms with Gasteiger partial charge in [-0.15, -0.1) is 9.73 Å². The van der Waals surface area contributed by atoms with Crippen LogP contribution in [0.3, 0.4) is 0 Å². The number of fused-ring (bicyclic) bond motifs is 1. The van der Waals surface area contributed by atoms with Crippen LogP contribution in [0.25, 0.3) is 5.65 Å². The molecule has 2 rings (SSSR count). The van der Waals surface area contributed by atoms with Gasteiger partial charge in [-0.3, -0.25) is 5.10 Å². The van der Waals surface area contributed by atoms with Crippen molar-refractivity contribution in [2.45, 2.75) is 0 Å². The number of nitrogens with zero attached hydrogens (tertiary/aromatic N) is 4. The fourth-order valence-corrected chi connectivity index (χ4v) is 0.824. The summed E-state index contributed by atoms with van der Waals surface area (Å²) < 4.78 is 2.03. The Kier molecular flexibility index (Phi) is 2.72. The Bertz CT molecular complexity index is 406. The van der Waals surface area contributed by atoms with Crippen molar-refractivity contribution in [2.24, 2.45) is 0 Å². The number of nitrogens with one attached hydrogen (secondary N) is 1. The molecule has 7 heteroatoms. The number of tetrazole rings is 1. The smallest absolute Gasteiger partial charge is 0.197 e. The third-order valence-electron chi connectivity index (χ3n) is 1.09. The van der Waals surface area contributed by atoms with Crippen molar-refractivity contribution >= 4 is 47.4 Å². The maximum Gasteiger partial charge on any atom is 0.197 e. The summed E-state index contributed by atoms with van der Waals surface area (Å²) in [6, 6.07) is 3.49. The van der Waals surface area contributed by atoms with Gasteiger partial charge in [-0.1, -0.05) is 12.2 Å². The minimum Gasteiger partial charge on any atom is -0.264 e. The van der Waals surface area contributed by atoms with Gasteiger partial charge in [0, 0.05) is 29.6 Å². The molecule has 5 nitrogen and oxygen atoms in total. The number of H-pyrrole nitrogens is 1. The van der Waals surface area contributed by atoms with Gasteiger partial charge in [0.2, 0.25) is 0 Å². The Hall–Kier alpha value is -0.300. The predicted octanol–water partition coefficient (Wildman–Crippen LogP) is -0.199.